The highest BCUT2D eigenvalue weighted by Crippen LogP contribution is 2.09. The molecular formula is C16H29N5O7. The second-order valence-electron chi connectivity index (χ2n) is 6.46. The third kappa shape index (κ3) is 8.31. The van der Waals surface area contributed by atoms with Crippen LogP contribution in [0.25, 0.3) is 0 Å². The Morgan fingerprint density at radius 2 is 1.54 bits per heavy atom. The number of carbonyl (C=O) groups is 5. The number of carbonyl (C=O) groups excluding carboxylic acids is 4. The van der Waals surface area contributed by atoms with Crippen molar-refractivity contribution in [3.8, 4) is 0 Å². The number of aliphatic carboxylic acids is 1. The summed E-state index contributed by atoms with van der Waals surface area (Å²) in [5, 5.41) is 24.9. The van der Waals surface area contributed by atoms with Gasteiger partial charge in [0.15, 0.2) is 0 Å². The van der Waals surface area contributed by atoms with Crippen LogP contribution >= 0.6 is 0 Å². The molecule has 12 heteroatoms. The van der Waals surface area contributed by atoms with E-state index in [0.717, 1.165) is 0 Å². The van der Waals surface area contributed by atoms with Gasteiger partial charge in [-0.25, -0.2) is 4.79 Å². The fraction of sp³-hybridized carbons (Fsp3) is 0.688. The molecule has 0 aliphatic heterocycles. The van der Waals surface area contributed by atoms with Crippen molar-refractivity contribution in [1.82, 2.24) is 16.0 Å². The van der Waals surface area contributed by atoms with Gasteiger partial charge < -0.3 is 37.6 Å². The lowest BCUT2D eigenvalue weighted by molar-refractivity contribution is -0.143. The van der Waals surface area contributed by atoms with Crippen LogP contribution < -0.4 is 27.4 Å². The lowest BCUT2D eigenvalue weighted by Gasteiger charge is -2.26. The van der Waals surface area contributed by atoms with Crippen LogP contribution in [0.5, 0.6) is 0 Å². The van der Waals surface area contributed by atoms with E-state index in [1.807, 2.05) is 0 Å². The number of aliphatic hydroxyl groups excluding tert-OH is 1. The molecule has 0 aromatic rings. The molecule has 0 heterocycles. The number of hydrogen-bond acceptors (Lipinski definition) is 7. The number of nitrogens with two attached hydrogens (primary N) is 2. The van der Waals surface area contributed by atoms with Gasteiger partial charge in [-0.2, -0.15) is 0 Å². The molecule has 0 spiro atoms. The summed E-state index contributed by atoms with van der Waals surface area (Å²) < 4.78 is 0. The first-order valence-electron chi connectivity index (χ1n) is 8.73. The smallest absolute Gasteiger partial charge is 0.328 e. The van der Waals surface area contributed by atoms with Gasteiger partial charge in [-0.15, -0.1) is 0 Å². The van der Waals surface area contributed by atoms with Crippen molar-refractivity contribution in [2.75, 3.05) is 6.61 Å². The standard InChI is InChI=1S/C16H29N5O7/c1-4-7(2)12(15(26)20-10(6-22)16(27)28)21-13(24)8(3)19-14(25)9(17)5-11(18)23/h7-10,12,22H,4-6,17H2,1-3H3,(H2,18,23)(H,19,25)(H,20,26)(H,21,24)(H,27,28). The lowest BCUT2D eigenvalue weighted by Crippen LogP contribution is -2.58. The predicted octanol–water partition coefficient (Wildman–Crippen LogP) is -3.21. The number of aliphatic hydroxyl groups is 1. The molecule has 0 aliphatic rings. The molecule has 0 aromatic heterocycles. The number of amides is 4. The number of carboxylic acid groups (broad SMARTS) is 1. The molecule has 0 saturated carbocycles. The molecule has 0 bridgehead atoms. The molecule has 5 atom stereocenters. The molecule has 0 rings (SSSR count). The van der Waals surface area contributed by atoms with Gasteiger partial charge in [-0.3, -0.25) is 19.2 Å². The minimum Gasteiger partial charge on any atom is -0.480 e. The number of hydrogen-bond donors (Lipinski definition) is 7. The van der Waals surface area contributed by atoms with Gasteiger partial charge in [0.25, 0.3) is 0 Å². The summed E-state index contributed by atoms with van der Waals surface area (Å²) in [6, 6.07) is -4.91. The van der Waals surface area contributed by atoms with Gasteiger partial charge in [0.2, 0.25) is 23.6 Å². The van der Waals surface area contributed by atoms with Crippen molar-refractivity contribution in [2.24, 2.45) is 17.4 Å². The molecule has 160 valence electrons. The van der Waals surface area contributed by atoms with Crippen LogP contribution in [0.1, 0.15) is 33.6 Å². The Balaban J connectivity index is 5.06. The molecule has 0 saturated heterocycles. The summed E-state index contributed by atoms with van der Waals surface area (Å²) in [6.45, 7) is 3.98. The van der Waals surface area contributed by atoms with Gasteiger partial charge >= 0.3 is 5.97 Å². The largest absolute Gasteiger partial charge is 0.480 e. The van der Waals surface area contributed by atoms with Crippen molar-refractivity contribution in [3.63, 3.8) is 0 Å². The number of primary amides is 1. The third-order valence-corrected chi connectivity index (χ3v) is 4.10. The van der Waals surface area contributed by atoms with Crippen LogP contribution in [0.2, 0.25) is 0 Å². The average molecular weight is 403 g/mol. The monoisotopic (exact) mass is 403 g/mol. The molecule has 0 radical (unpaired) electrons. The summed E-state index contributed by atoms with van der Waals surface area (Å²) in [6.07, 6.45) is 0.0925. The maximum absolute atomic E-state index is 12.4. The number of carboxylic acids is 1. The Morgan fingerprint density at radius 3 is 1.96 bits per heavy atom. The topological polar surface area (TPSA) is 214 Å². The van der Waals surface area contributed by atoms with E-state index < -0.39 is 66.8 Å². The van der Waals surface area contributed by atoms with Gasteiger partial charge in [0.1, 0.15) is 18.1 Å². The molecule has 4 amide bonds. The number of nitrogens with one attached hydrogen (secondary N) is 3. The van der Waals surface area contributed by atoms with Crippen LogP contribution in [-0.2, 0) is 24.0 Å². The second kappa shape index (κ2) is 11.9. The van der Waals surface area contributed by atoms with Crippen LogP contribution in [0.3, 0.4) is 0 Å². The zero-order valence-corrected chi connectivity index (χ0v) is 16.1. The van der Waals surface area contributed by atoms with E-state index in [0.29, 0.717) is 6.42 Å². The fourth-order valence-corrected chi connectivity index (χ4v) is 2.12. The van der Waals surface area contributed by atoms with Crippen molar-refractivity contribution < 1.29 is 34.2 Å². The zero-order valence-electron chi connectivity index (χ0n) is 16.1. The highest BCUT2D eigenvalue weighted by molar-refractivity contribution is 5.94. The fourth-order valence-electron chi connectivity index (χ4n) is 2.12. The predicted molar refractivity (Wildman–Crippen MR) is 97.4 cm³/mol. The molecule has 5 unspecified atom stereocenters. The second-order valence-corrected chi connectivity index (χ2v) is 6.46. The molecular weight excluding hydrogens is 374 g/mol. The summed E-state index contributed by atoms with van der Waals surface area (Å²) >= 11 is 0. The first-order chi connectivity index (χ1) is 12.9. The molecule has 0 aliphatic carbocycles. The van der Waals surface area contributed by atoms with Crippen molar-refractivity contribution in [2.45, 2.75) is 57.8 Å². The summed E-state index contributed by atoms with van der Waals surface area (Å²) in [5.74, 6) is -4.82. The first-order valence-corrected chi connectivity index (χ1v) is 8.73. The zero-order chi connectivity index (χ0) is 22.0. The highest BCUT2D eigenvalue weighted by Gasteiger charge is 2.31. The summed E-state index contributed by atoms with van der Waals surface area (Å²) in [7, 11) is 0. The Hall–Kier alpha value is -2.73. The minimum absolute atomic E-state index is 0.364. The van der Waals surface area contributed by atoms with Crippen LogP contribution in [0.4, 0.5) is 0 Å². The molecule has 28 heavy (non-hydrogen) atoms. The van der Waals surface area contributed by atoms with E-state index in [-0.39, 0.29) is 5.92 Å². The van der Waals surface area contributed by atoms with Crippen molar-refractivity contribution >= 4 is 29.6 Å². The third-order valence-electron chi connectivity index (χ3n) is 4.10. The molecule has 0 aromatic carbocycles. The Labute approximate surface area is 162 Å². The van der Waals surface area contributed by atoms with E-state index in [9.17, 15) is 24.0 Å². The van der Waals surface area contributed by atoms with Gasteiger partial charge in [0.05, 0.1) is 19.1 Å². The maximum Gasteiger partial charge on any atom is 0.328 e. The number of rotatable bonds is 12. The first kappa shape index (κ1) is 25.3. The molecule has 9 N–H and O–H groups in total. The molecule has 12 nitrogen and oxygen atoms in total. The van der Waals surface area contributed by atoms with Crippen molar-refractivity contribution in [1.29, 1.82) is 0 Å². The van der Waals surface area contributed by atoms with E-state index in [1.54, 1.807) is 13.8 Å². The van der Waals surface area contributed by atoms with Crippen LogP contribution in [0, 0.1) is 5.92 Å². The lowest BCUT2D eigenvalue weighted by atomic mass is 9.97. The maximum atomic E-state index is 12.4. The molecule has 0 fully saturated rings. The quantitative estimate of drug-likeness (QED) is 0.175. The minimum atomic E-state index is -1.51. The van der Waals surface area contributed by atoms with Gasteiger partial charge in [0, 0.05) is 0 Å². The van der Waals surface area contributed by atoms with E-state index in [2.05, 4.69) is 16.0 Å². The van der Waals surface area contributed by atoms with Gasteiger partial charge in [-0.05, 0) is 12.8 Å². The van der Waals surface area contributed by atoms with Crippen molar-refractivity contribution in [3.05, 3.63) is 0 Å². The SMILES string of the molecule is CCC(C)C(NC(=O)C(C)NC(=O)C(N)CC(N)=O)C(=O)NC(CO)C(=O)O. The van der Waals surface area contributed by atoms with E-state index in [1.165, 1.54) is 6.92 Å². The van der Waals surface area contributed by atoms with Crippen LogP contribution in [-0.4, -0.2) is 70.6 Å². The normalized spacial score (nSPS) is 16.0. The highest BCUT2D eigenvalue weighted by atomic mass is 16.4. The van der Waals surface area contributed by atoms with E-state index >= 15 is 0 Å². The Morgan fingerprint density at radius 1 is 0.964 bits per heavy atom. The summed E-state index contributed by atoms with van der Waals surface area (Å²) in [4.78, 5) is 58.3. The summed E-state index contributed by atoms with van der Waals surface area (Å²) in [5.41, 5.74) is 10.5. The van der Waals surface area contributed by atoms with Crippen LogP contribution in [0.15, 0.2) is 0 Å². The Kier molecular flexibility index (Phi) is 10.7. The van der Waals surface area contributed by atoms with Gasteiger partial charge in [-0.1, -0.05) is 20.3 Å². The average Bonchev–Trinajstić information content (AvgIpc) is 2.61. The Bertz CT molecular complexity index is 598. The van der Waals surface area contributed by atoms with E-state index in [4.69, 9.17) is 21.7 Å².